The second-order valence-electron chi connectivity index (χ2n) is 9.29. The zero-order valence-electron chi connectivity index (χ0n) is 19.8. The molecule has 0 aliphatic carbocycles. The maximum absolute atomic E-state index is 12.6. The topological polar surface area (TPSA) is 140 Å². The molecule has 1 aromatic carbocycles. The van der Waals surface area contributed by atoms with Crippen LogP contribution in [0.15, 0.2) is 30.3 Å². The summed E-state index contributed by atoms with van der Waals surface area (Å²) in [4.78, 5) is 36.6. The average Bonchev–Trinajstić information content (AvgIpc) is 2.69. The Labute approximate surface area is 191 Å². The van der Waals surface area contributed by atoms with Gasteiger partial charge >= 0.3 is 6.09 Å². The number of hydrogen-bond donors (Lipinski definition) is 4. The Morgan fingerprint density at radius 2 is 1.72 bits per heavy atom. The molecule has 0 saturated carbocycles. The number of rotatable bonds is 11. The van der Waals surface area contributed by atoms with Gasteiger partial charge in [0.15, 0.2) is 8.32 Å². The SMILES string of the molecule is C[C@@H](O)[C@H](NC(=O)OCc1ccccc1)C(=O)N[C@@H](CCO[Si](C)(C)C(C)(C)C)C(N)=O. The summed E-state index contributed by atoms with van der Waals surface area (Å²) >= 11 is 0. The number of aliphatic hydroxyl groups is 1. The molecule has 0 saturated heterocycles. The highest BCUT2D eigenvalue weighted by molar-refractivity contribution is 6.74. The Hall–Kier alpha value is -2.43. The summed E-state index contributed by atoms with van der Waals surface area (Å²) in [5, 5.41) is 14.8. The molecular weight excluding hydrogens is 430 g/mol. The largest absolute Gasteiger partial charge is 0.445 e. The molecule has 0 heterocycles. The minimum atomic E-state index is -2.02. The second kappa shape index (κ2) is 12.0. The van der Waals surface area contributed by atoms with Crippen LogP contribution in [0, 0.1) is 0 Å². The Kier molecular flexibility index (Phi) is 10.3. The van der Waals surface area contributed by atoms with Crippen LogP contribution in [0.2, 0.25) is 18.1 Å². The van der Waals surface area contributed by atoms with Gasteiger partial charge in [0, 0.05) is 6.61 Å². The van der Waals surface area contributed by atoms with Gasteiger partial charge in [0.2, 0.25) is 11.8 Å². The van der Waals surface area contributed by atoms with Crippen molar-refractivity contribution in [2.45, 2.75) is 77.0 Å². The maximum atomic E-state index is 12.6. The molecule has 180 valence electrons. The first-order chi connectivity index (χ1) is 14.7. The Balaban J connectivity index is 2.66. The molecule has 32 heavy (non-hydrogen) atoms. The number of hydrogen-bond acceptors (Lipinski definition) is 6. The number of nitrogens with one attached hydrogen (secondary N) is 2. The van der Waals surface area contributed by atoms with Gasteiger partial charge in [-0.2, -0.15) is 0 Å². The van der Waals surface area contributed by atoms with E-state index in [1.807, 2.05) is 6.07 Å². The molecule has 0 radical (unpaired) electrons. The van der Waals surface area contributed by atoms with Crippen LogP contribution < -0.4 is 16.4 Å². The third-order valence-electron chi connectivity index (χ3n) is 5.59. The van der Waals surface area contributed by atoms with Gasteiger partial charge in [0.25, 0.3) is 0 Å². The molecule has 0 unspecified atom stereocenters. The Morgan fingerprint density at radius 1 is 1.12 bits per heavy atom. The van der Waals surface area contributed by atoms with Crippen LogP contribution >= 0.6 is 0 Å². The number of benzene rings is 1. The summed E-state index contributed by atoms with van der Waals surface area (Å²) in [5.74, 6) is -1.47. The van der Waals surface area contributed by atoms with E-state index in [-0.39, 0.29) is 24.7 Å². The maximum Gasteiger partial charge on any atom is 0.408 e. The van der Waals surface area contributed by atoms with Gasteiger partial charge < -0.3 is 30.6 Å². The number of nitrogens with two attached hydrogens (primary N) is 1. The molecule has 0 aliphatic rings. The van der Waals surface area contributed by atoms with Crippen molar-refractivity contribution in [1.82, 2.24) is 10.6 Å². The lowest BCUT2D eigenvalue weighted by Crippen LogP contribution is -2.57. The highest BCUT2D eigenvalue weighted by Crippen LogP contribution is 2.36. The first kappa shape index (κ1) is 27.6. The van der Waals surface area contributed by atoms with Crippen molar-refractivity contribution in [3.05, 3.63) is 35.9 Å². The van der Waals surface area contributed by atoms with Crippen LogP contribution in [0.3, 0.4) is 0 Å². The van der Waals surface area contributed by atoms with E-state index in [1.54, 1.807) is 24.3 Å². The molecule has 10 heteroatoms. The fourth-order valence-corrected chi connectivity index (χ4v) is 3.55. The number of carbonyl (C=O) groups excluding carboxylic acids is 3. The summed E-state index contributed by atoms with van der Waals surface area (Å²) in [6, 6.07) is 6.70. The number of amides is 3. The van der Waals surface area contributed by atoms with Gasteiger partial charge in [-0.05, 0) is 37.0 Å². The van der Waals surface area contributed by atoms with Gasteiger partial charge in [0.1, 0.15) is 18.7 Å². The van der Waals surface area contributed by atoms with E-state index in [4.69, 9.17) is 14.9 Å². The van der Waals surface area contributed by atoms with E-state index in [1.165, 1.54) is 6.92 Å². The summed E-state index contributed by atoms with van der Waals surface area (Å²) < 4.78 is 11.1. The van der Waals surface area contributed by atoms with E-state index >= 15 is 0 Å². The highest BCUT2D eigenvalue weighted by atomic mass is 28.4. The summed E-state index contributed by atoms with van der Waals surface area (Å²) in [6.07, 6.45) is -1.92. The van der Waals surface area contributed by atoms with Gasteiger partial charge in [-0.1, -0.05) is 51.1 Å². The van der Waals surface area contributed by atoms with Crippen LogP contribution in [-0.2, 0) is 25.4 Å². The van der Waals surface area contributed by atoms with E-state index in [0.29, 0.717) is 0 Å². The fourth-order valence-electron chi connectivity index (χ4n) is 2.49. The third-order valence-corrected chi connectivity index (χ3v) is 10.1. The molecule has 3 atom stereocenters. The Bertz CT molecular complexity index is 765. The third kappa shape index (κ3) is 8.97. The molecular formula is C22H37N3O6Si. The number of aliphatic hydroxyl groups excluding tert-OH is 1. The van der Waals surface area contributed by atoms with Gasteiger partial charge in [-0.3, -0.25) is 9.59 Å². The highest BCUT2D eigenvalue weighted by Gasteiger charge is 2.37. The first-order valence-electron chi connectivity index (χ1n) is 10.6. The standard InChI is InChI=1S/C22H37N3O6Si/c1-15(26)18(25-21(29)30-14-16-10-8-7-9-11-16)20(28)24-17(19(23)27)12-13-31-32(5,6)22(2,3)4/h7-11,15,17-18,26H,12-14H2,1-6H3,(H2,23,27)(H,24,28)(H,25,29)/t15-,17+,18+/m1/s1. The predicted octanol–water partition coefficient (Wildman–Crippen LogP) is 2.04. The van der Waals surface area contributed by atoms with Crippen molar-refractivity contribution in [3.63, 3.8) is 0 Å². The predicted molar refractivity (Wildman–Crippen MR) is 124 cm³/mol. The molecule has 0 fully saturated rings. The van der Waals surface area contributed by atoms with Crippen molar-refractivity contribution in [1.29, 1.82) is 0 Å². The van der Waals surface area contributed by atoms with Crippen LogP contribution in [-0.4, -0.2) is 56.1 Å². The normalized spacial score (nSPS) is 14.7. The van der Waals surface area contributed by atoms with Gasteiger partial charge in [-0.15, -0.1) is 0 Å². The van der Waals surface area contributed by atoms with Gasteiger partial charge in [-0.25, -0.2) is 4.79 Å². The summed E-state index contributed by atoms with van der Waals surface area (Å²) in [7, 11) is -2.02. The fraction of sp³-hybridized carbons (Fsp3) is 0.591. The van der Waals surface area contributed by atoms with Crippen molar-refractivity contribution in [3.8, 4) is 0 Å². The zero-order valence-corrected chi connectivity index (χ0v) is 20.8. The minimum Gasteiger partial charge on any atom is -0.445 e. The average molecular weight is 468 g/mol. The molecule has 0 aromatic heterocycles. The van der Waals surface area contributed by atoms with Crippen LogP contribution in [0.4, 0.5) is 4.79 Å². The summed E-state index contributed by atoms with van der Waals surface area (Å²) in [5.41, 5.74) is 6.21. The summed E-state index contributed by atoms with van der Waals surface area (Å²) in [6.45, 7) is 12.1. The molecule has 0 spiro atoms. The van der Waals surface area contributed by atoms with Crippen molar-refractivity contribution >= 4 is 26.2 Å². The van der Waals surface area contributed by atoms with E-state index < -0.39 is 44.4 Å². The molecule has 1 aromatic rings. The number of primary amides is 1. The lowest BCUT2D eigenvalue weighted by Gasteiger charge is -2.36. The molecule has 3 amide bonds. The van der Waals surface area contributed by atoms with Crippen molar-refractivity contribution in [2.24, 2.45) is 5.73 Å². The molecule has 9 nitrogen and oxygen atoms in total. The van der Waals surface area contributed by atoms with E-state index in [2.05, 4.69) is 44.5 Å². The monoisotopic (exact) mass is 467 g/mol. The number of alkyl carbamates (subject to hydrolysis) is 1. The van der Waals surface area contributed by atoms with E-state index in [9.17, 15) is 19.5 Å². The molecule has 0 bridgehead atoms. The van der Waals surface area contributed by atoms with Crippen molar-refractivity contribution in [2.75, 3.05) is 6.61 Å². The smallest absolute Gasteiger partial charge is 0.408 e. The molecule has 5 N–H and O–H groups in total. The van der Waals surface area contributed by atoms with E-state index in [0.717, 1.165) is 5.56 Å². The quantitative estimate of drug-likeness (QED) is 0.367. The number of carbonyl (C=O) groups is 3. The van der Waals surface area contributed by atoms with Crippen LogP contribution in [0.1, 0.15) is 39.7 Å². The van der Waals surface area contributed by atoms with Gasteiger partial charge in [0.05, 0.1) is 6.10 Å². The van der Waals surface area contributed by atoms with Crippen LogP contribution in [0.5, 0.6) is 0 Å². The second-order valence-corrected chi connectivity index (χ2v) is 14.1. The molecule has 0 aliphatic heterocycles. The van der Waals surface area contributed by atoms with Crippen LogP contribution in [0.25, 0.3) is 0 Å². The van der Waals surface area contributed by atoms with Crippen molar-refractivity contribution < 1.29 is 28.7 Å². The first-order valence-corrected chi connectivity index (χ1v) is 13.5. The Morgan fingerprint density at radius 3 is 2.22 bits per heavy atom. The zero-order chi connectivity index (χ0) is 24.5. The lowest BCUT2D eigenvalue weighted by atomic mass is 10.1. The lowest BCUT2D eigenvalue weighted by molar-refractivity contribution is -0.130. The molecule has 1 rings (SSSR count). The minimum absolute atomic E-state index is 0.0000839. The number of ether oxygens (including phenoxy) is 1.